The molecule has 2 fully saturated rings. The molecule has 0 radical (unpaired) electrons. The lowest BCUT2D eigenvalue weighted by atomic mass is 9.85. The fraction of sp³-hybridized carbons (Fsp3) is 0.607. The lowest BCUT2D eigenvalue weighted by Gasteiger charge is -2.27. The van der Waals surface area contributed by atoms with Gasteiger partial charge in [-0.2, -0.15) is 0 Å². The van der Waals surface area contributed by atoms with E-state index < -0.39 is 53.1 Å². The maximum absolute atomic E-state index is 14.3. The number of amides is 4. The summed E-state index contributed by atoms with van der Waals surface area (Å²) in [5, 5.41) is 21.2. The Hall–Kier alpha value is -4.27. The van der Waals surface area contributed by atoms with Gasteiger partial charge >= 0.3 is 0 Å². The van der Waals surface area contributed by atoms with Crippen LogP contribution in [0.2, 0.25) is 0 Å². The van der Waals surface area contributed by atoms with E-state index in [4.69, 9.17) is 5.73 Å². The number of carbonyl (C=O) groups is 5. The third kappa shape index (κ3) is 7.21. The number of nitrogens with two attached hydrogens (primary N) is 1. The Morgan fingerprint density at radius 3 is 2.47 bits per heavy atom. The van der Waals surface area contributed by atoms with Crippen molar-refractivity contribution in [3.8, 4) is 0 Å². The van der Waals surface area contributed by atoms with Crippen molar-refractivity contribution in [2.75, 3.05) is 6.54 Å². The number of primary amides is 1. The second-order valence-corrected chi connectivity index (χ2v) is 11.9. The molecule has 15 nitrogen and oxygen atoms in total. The summed E-state index contributed by atoms with van der Waals surface area (Å²) < 4.78 is 2.99. The van der Waals surface area contributed by atoms with Gasteiger partial charge in [-0.25, -0.2) is 14.7 Å². The minimum absolute atomic E-state index is 0.00884. The number of ketones is 1. The lowest BCUT2D eigenvalue weighted by molar-refractivity contribution is -0.139. The monoisotopic (exact) mass is 597 g/mol. The van der Waals surface area contributed by atoms with Crippen molar-refractivity contribution in [3.63, 3.8) is 0 Å². The van der Waals surface area contributed by atoms with Gasteiger partial charge in [0.05, 0.1) is 36.5 Å². The Balaban J connectivity index is 1.70. The van der Waals surface area contributed by atoms with E-state index in [9.17, 15) is 29.1 Å². The second kappa shape index (κ2) is 12.9. The highest BCUT2D eigenvalue weighted by Gasteiger charge is 2.44. The van der Waals surface area contributed by atoms with Crippen molar-refractivity contribution in [3.05, 3.63) is 30.1 Å². The van der Waals surface area contributed by atoms with Crippen LogP contribution in [-0.2, 0) is 31.8 Å². The molecular formula is C28H39N9O6. The Kier molecular flexibility index (Phi) is 9.52. The number of aryl methyl sites for hydroxylation is 1. The Morgan fingerprint density at radius 1 is 1.16 bits per heavy atom. The predicted octanol–water partition coefficient (Wildman–Crippen LogP) is 0.192. The molecule has 0 aromatic carbocycles. The van der Waals surface area contributed by atoms with Crippen LogP contribution in [0.15, 0.2) is 23.7 Å². The zero-order valence-corrected chi connectivity index (χ0v) is 24.9. The van der Waals surface area contributed by atoms with E-state index in [1.54, 1.807) is 20.9 Å². The fourth-order valence-electron chi connectivity index (χ4n) is 5.76. The minimum Gasteiger partial charge on any atom is -0.384 e. The third-order valence-corrected chi connectivity index (χ3v) is 8.11. The van der Waals surface area contributed by atoms with Crippen LogP contribution in [0.4, 0.5) is 0 Å². The summed E-state index contributed by atoms with van der Waals surface area (Å²) in [6.07, 6.45) is 9.47. The molecule has 1 aliphatic heterocycles. The molecule has 43 heavy (non-hydrogen) atoms. The summed E-state index contributed by atoms with van der Waals surface area (Å²) in [7, 11) is 1.65. The van der Waals surface area contributed by atoms with Gasteiger partial charge in [0.1, 0.15) is 23.0 Å². The highest BCUT2D eigenvalue weighted by Crippen LogP contribution is 2.33. The first-order chi connectivity index (χ1) is 20.3. The van der Waals surface area contributed by atoms with Crippen LogP contribution in [0.1, 0.15) is 87.9 Å². The maximum Gasteiger partial charge on any atom is 0.295 e. The zero-order valence-electron chi connectivity index (χ0n) is 24.9. The van der Waals surface area contributed by atoms with Crippen molar-refractivity contribution in [2.24, 2.45) is 23.7 Å². The first kappa shape index (κ1) is 31.7. The Morgan fingerprint density at radius 2 is 1.86 bits per heavy atom. The molecule has 0 spiro atoms. The lowest BCUT2D eigenvalue weighted by Crippen LogP contribution is -2.52. The number of hydrogen-bond donors (Lipinski definition) is 3. The van der Waals surface area contributed by atoms with Gasteiger partial charge in [-0.1, -0.05) is 37.3 Å². The highest BCUT2D eigenvalue weighted by atomic mass is 16.3. The molecule has 4 rings (SSSR count). The number of aliphatic imine (C=N–C) groups is 1. The highest BCUT2D eigenvalue weighted by molar-refractivity contribution is 6.41. The number of rotatable bonds is 10. The van der Waals surface area contributed by atoms with Crippen molar-refractivity contribution < 1.29 is 29.1 Å². The Bertz CT molecular complexity index is 1420. The van der Waals surface area contributed by atoms with Crippen LogP contribution < -0.4 is 11.1 Å². The quantitative estimate of drug-likeness (QED) is 0.252. The Labute approximate surface area is 248 Å². The SMILES string of the molecule is CC(NC(=O)[C@@H]1C[C@H](n2nncc2C(C)(C)O)CN1C(=O)C(CC1CCCCC1)=NC(=O)c1cncn1C)C(=O)C(N)=O. The van der Waals surface area contributed by atoms with E-state index in [2.05, 4.69) is 25.6 Å². The molecule has 0 bridgehead atoms. The molecule has 2 aromatic rings. The molecule has 1 saturated heterocycles. The third-order valence-electron chi connectivity index (χ3n) is 8.11. The summed E-state index contributed by atoms with van der Waals surface area (Å²) in [5.74, 6) is -3.94. The average Bonchev–Trinajstić information content (AvgIpc) is 3.71. The standard InChI is InChI=1S/C28H39N9O6/c1-16(23(38)24(29)39)32-25(40)20-11-18(37-22(13-31-34-37)28(2,3)43)14-36(20)27(42)19(10-17-8-6-5-7-9-17)33-26(41)21-12-30-15-35(21)4/h12-13,15-18,20,43H,5-11,14H2,1-4H3,(H2,29,39)(H,32,40)/t16?,18-,20-/m0/s1. The van der Waals surface area contributed by atoms with Gasteiger partial charge in [0, 0.05) is 20.0 Å². The van der Waals surface area contributed by atoms with E-state index in [0.29, 0.717) is 5.69 Å². The van der Waals surface area contributed by atoms with Crippen LogP contribution in [0.25, 0.3) is 0 Å². The number of hydrogen-bond acceptors (Lipinski definition) is 9. The summed E-state index contributed by atoms with van der Waals surface area (Å²) in [6, 6.07) is -2.90. The van der Waals surface area contributed by atoms with Crippen LogP contribution in [0, 0.1) is 5.92 Å². The van der Waals surface area contributed by atoms with Gasteiger partial charge in [-0.05, 0) is 33.1 Å². The van der Waals surface area contributed by atoms with Crippen LogP contribution in [0.5, 0.6) is 0 Å². The minimum atomic E-state index is -1.32. The first-order valence-corrected chi connectivity index (χ1v) is 14.4. The largest absolute Gasteiger partial charge is 0.384 e. The van der Waals surface area contributed by atoms with Crippen molar-refractivity contribution >= 4 is 35.1 Å². The summed E-state index contributed by atoms with van der Waals surface area (Å²) in [5.41, 5.74) is 4.41. The number of nitrogens with one attached hydrogen (secondary N) is 1. The molecule has 4 amide bonds. The van der Waals surface area contributed by atoms with E-state index in [1.807, 2.05) is 0 Å². The van der Waals surface area contributed by atoms with Gasteiger partial charge in [0.25, 0.3) is 17.7 Å². The molecule has 1 unspecified atom stereocenters. The number of Topliss-reactive ketones (excluding diaryl/α,β-unsaturated/α-hetero) is 1. The van der Waals surface area contributed by atoms with Crippen molar-refractivity contribution in [1.82, 2.24) is 34.8 Å². The predicted molar refractivity (Wildman–Crippen MR) is 152 cm³/mol. The molecule has 3 heterocycles. The number of imidazole rings is 1. The van der Waals surface area contributed by atoms with E-state index in [0.717, 1.165) is 32.1 Å². The molecule has 3 atom stereocenters. The summed E-state index contributed by atoms with van der Waals surface area (Å²) in [4.78, 5) is 74.1. The van der Waals surface area contributed by atoms with Crippen LogP contribution in [0.3, 0.4) is 0 Å². The van der Waals surface area contributed by atoms with Crippen LogP contribution >= 0.6 is 0 Å². The zero-order chi connectivity index (χ0) is 31.5. The van der Waals surface area contributed by atoms with E-state index in [1.165, 1.54) is 39.8 Å². The summed E-state index contributed by atoms with van der Waals surface area (Å²) in [6.45, 7) is 4.46. The number of aromatic nitrogens is 5. The number of carbonyl (C=O) groups excluding carboxylic acids is 5. The average molecular weight is 598 g/mol. The van der Waals surface area contributed by atoms with Crippen molar-refractivity contribution in [1.29, 1.82) is 0 Å². The second-order valence-electron chi connectivity index (χ2n) is 11.9. The van der Waals surface area contributed by atoms with Gasteiger partial charge < -0.3 is 25.6 Å². The molecule has 2 aliphatic rings. The molecule has 15 heteroatoms. The van der Waals surface area contributed by atoms with Gasteiger partial charge in [-0.15, -0.1) is 5.10 Å². The summed E-state index contributed by atoms with van der Waals surface area (Å²) >= 11 is 0. The first-order valence-electron chi connectivity index (χ1n) is 14.4. The fourth-order valence-corrected chi connectivity index (χ4v) is 5.76. The smallest absolute Gasteiger partial charge is 0.295 e. The van der Waals surface area contributed by atoms with Gasteiger partial charge in [0.15, 0.2) is 0 Å². The van der Waals surface area contributed by atoms with Gasteiger partial charge in [-0.3, -0.25) is 24.0 Å². The maximum atomic E-state index is 14.3. The topological polar surface area (TPSA) is 208 Å². The van der Waals surface area contributed by atoms with Crippen LogP contribution in [-0.4, -0.2) is 88.3 Å². The molecule has 1 aliphatic carbocycles. The van der Waals surface area contributed by atoms with E-state index >= 15 is 0 Å². The molecular weight excluding hydrogens is 558 g/mol. The molecule has 2 aromatic heterocycles. The number of nitrogens with zero attached hydrogens (tertiary/aromatic N) is 7. The molecule has 1 saturated carbocycles. The number of likely N-dealkylation sites (tertiary alicyclic amines) is 1. The normalized spacial score (nSPS) is 20.6. The molecule has 232 valence electrons. The van der Waals surface area contributed by atoms with Gasteiger partial charge in [0.2, 0.25) is 11.7 Å². The molecule has 4 N–H and O–H groups in total. The van der Waals surface area contributed by atoms with Crippen molar-refractivity contribution in [2.45, 2.75) is 89.4 Å². The number of aliphatic hydroxyl groups is 1. The van der Waals surface area contributed by atoms with E-state index in [-0.39, 0.29) is 36.7 Å².